The molecule has 0 spiro atoms. The number of phosphoric acid groups is 1. The molecular formula is C62H122N2O6P+. The summed E-state index contributed by atoms with van der Waals surface area (Å²) in [4.78, 5) is 23.2. The molecule has 0 bridgehead atoms. The quantitative estimate of drug-likeness (QED) is 0.0243. The van der Waals surface area contributed by atoms with Gasteiger partial charge in [-0.15, -0.1) is 0 Å². The van der Waals surface area contributed by atoms with E-state index in [1.54, 1.807) is 6.08 Å². The SMILES string of the molecule is CCCCCCCC/C=C/CC/C=C/C(O)C(COP(=O)(O)OCC[N+](C)(C)C)NC(=O)CCCCCCCCCCCCCCCCCCCCCCCCCCC/C=C\CCCCCCCCCC. The summed E-state index contributed by atoms with van der Waals surface area (Å²) in [7, 11) is 1.56. The molecule has 3 unspecified atom stereocenters. The zero-order valence-corrected chi connectivity index (χ0v) is 48.9. The summed E-state index contributed by atoms with van der Waals surface area (Å²) in [5, 5.41) is 13.9. The lowest BCUT2D eigenvalue weighted by molar-refractivity contribution is -0.870. The van der Waals surface area contributed by atoms with E-state index in [9.17, 15) is 19.4 Å². The first-order valence-electron chi connectivity index (χ1n) is 30.9. The largest absolute Gasteiger partial charge is 0.472 e. The molecule has 8 nitrogen and oxygen atoms in total. The van der Waals surface area contributed by atoms with Crippen molar-refractivity contribution in [1.82, 2.24) is 5.32 Å². The third-order valence-corrected chi connectivity index (χ3v) is 15.1. The number of amides is 1. The second-order valence-corrected chi connectivity index (χ2v) is 23.9. The minimum absolute atomic E-state index is 0.0577. The minimum Gasteiger partial charge on any atom is -0.387 e. The minimum atomic E-state index is -4.35. The van der Waals surface area contributed by atoms with Gasteiger partial charge in [-0.3, -0.25) is 13.8 Å². The van der Waals surface area contributed by atoms with Crippen molar-refractivity contribution in [3.8, 4) is 0 Å². The van der Waals surface area contributed by atoms with Gasteiger partial charge in [0, 0.05) is 6.42 Å². The van der Waals surface area contributed by atoms with Crippen LogP contribution in [0.2, 0.25) is 0 Å². The third kappa shape index (κ3) is 56.3. The number of hydrogen-bond donors (Lipinski definition) is 3. The van der Waals surface area contributed by atoms with E-state index < -0.39 is 20.0 Å². The molecule has 9 heteroatoms. The number of aliphatic hydroxyl groups excluding tert-OH is 1. The number of rotatable bonds is 57. The summed E-state index contributed by atoms with van der Waals surface area (Å²) in [5.41, 5.74) is 0. The van der Waals surface area contributed by atoms with Gasteiger partial charge < -0.3 is 19.8 Å². The van der Waals surface area contributed by atoms with Crippen LogP contribution in [0.25, 0.3) is 0 Å². The Labute approximate surface area is 442 Å². The van der Waals surface area contributed by atoms with Gasteiger partial charge in [0.2, 0.25) is 5.91 Å². The molecule has 0 aromatic heterocycles. The van der Waals surface area contributed by atoms with Crippen LogP contribution in [0, 0.1) is 0 Å². The smallest absolute Gasteiger partial charge is 0.387 e. The number of carbonyl (C=O) groups excluding carboxylic acids is 1. The topological polar surface area (TPSA) is 105 Å². The number of likely N-dealkylation sites (N-methyl/N-ethyl adjacent to an activating group) is 1. The van der Waals surface area contributed by atoms with Crippen molar-refractivity contribution in [2.24, 2.45) is 0 Å². The van der Waals surface area contributed by atoms with Crippen LogP contribution in [0.1, 0.15) is 303 Å². The molecule has 0 saturated heterocycles. The van der Waals surface area contributed by atoms with Crippen molar-refractivity contribution >= 4 is 13.7 Å². The zero-order chi connectivity index (χ0) is 52.0. The van der Waals surface area contributed by atoms with Gasteiger partial charge in [-0.1, -0.05) is 275 Å². The highest BCUT2D eigenvalue weighted by Crippen LogP contribution is 2.43. The number of nitrogens with one attached hydrogen (secondary N) is 1. The van der Waals surface area contributed by atoms with Gasteiger partial charge in [-0.25, -0.2) is 4.57 Å². The van der Waals surface area contributed by atoms with E-state index in [2.05, 4.69) is 43.5 Å². The molecule has 0 saturated carbocycles. The van der Waals surface area contributed by atoms with E-state index in [0.717, 1.165) is 38.5 Å². The Morgan fingerprint density at radius 3 is 1.13 bits per heavy atom. The predicted octanol–water partition coefficient (Wildman–Crippen LogP) is 18.9. The average Bonchev–Trinajstić information content (AvgIpc) is 3.33. The molecular weight excluding hydrogens is 900 g/mol. The normalized spacial score (nSPS) is 14.1. The van der Waals surface area contributed by atoms with Crippen molar-refractivity contribution in [2.45, 2.75) is 315 Å². The maximum absolute atomic E-state index is 12.9. The third-order valence-electron chi connectivity index (χ3n) is 14.1. The maximum Gasteiger partial charge on any atom is 0.472 e. The fourth-order valence-corrected chi connectivity index (χ4v) is 9.97. The number of nitrogens with zero attached hydrogens (tertiary/aromatic N) is 1. The Morgan fingerprint density at radius 2 is 0.775 bits per heavy atom. The van der Waals surface area contributed by atoms with Crippen molar-refractivity contribution in [3.05, 3.63) is 36.5 Å². The fraction of sp³-hybridized carbons (Fsp3) is 0.887. The number of unbranched alkanes of at least 4 members (excludes halogenated alkanes) is 40. The number of aliphatic hydroxyl groups is 1. The standard InChI is InChI=1S/C62H121N2O6P/c1-6-8-10-12-14-16-18-20-21-22-23-24-25-26-27-28-29-30-31-32-33-34-35-36-37-38-39-40-41-42-43-44-46-48-50-52-54-56-62(66)63-60(59-70-71(67,68)69-58-57-64(3,4)5)61(65)55-53-51-49-47-45-19-17-15-13-11-9-7-2/h22-23,45,47,53,55,60-61,65H,6-21,24-44,46,48-52,54,56-59H2,1-5H3,(H-,63,66,67,68)/p+1/b23-22-,47-45+,55-53+. The summed E-state index contributed by atoms with van der Waals surface area (Å²) in [6.07, 6.45) is 70.1. The van der Waals surface area contributed by atoms with Gasteiger partial charge in [-0.2, -0.15) is 0 Å². The van der Waals surface area contributed by atoms with E-state index in [-0.39, 0.29) is 19.1 Å². The van der Waals surface area contributed by atoms with Crippen molar-refractivity contribution in [2.75, 3.05) is 40.9 Å². The van der Waals surface area contributed by atoms with Crippen LogP contribution >= 0.6 is 7.82 Å². The van der Waals surface area contributed by atoms with Gasteiger partial charge in [-0.05, 0) is 57.8 Å². The zero-order valence-electron chi connectivity index (χ0n) is 48.0. The molecule has 0 fully saturated rings. The molecule has 0 aliphatic rings. The van der Waals surface area contributed by atoms with Gasteiger partial charge in [0.25, 0.3) is 0 Å². The molecule has 420 valence electrons. The fourth-order valence-electron chi connectivity index (χ4n) is 9.23. The van der Waals surface area contributed by atoms with Gasteiger partial charge in [0.1, 0.15) is 13.2 Å². The van der Waals surface area contributed by atoms with Crippen LogP contribution in [0.15, 0.2) is 36.5 Å². The molecule has 0 aromatic carbocycles. The summed E-state index contributed by atoms with van der Waals surface area (Å²) in [6.45, 7) is 4.80. The summed E-state index contributed by atoms with van der Waals surface area (Å²) in [5.74, 6) is -0.183. The summed E-state index contributed by atoms with van der Waals surface area (Å²) >= 11 is 0. The maximum atomic E-state index is 12.9. The Hall–Kier alpha value is -1.28. The molecule has 0 aromatic rings. The molecule has 3 atom stereocenters. The Morgan fingerprint density at radius 1 is 0.465 bits per heavy atom. The van der Waals surface area contributed by atoms with E-state index in [1.165, 1.54) is 244 Å². The molecule has 0 heterocycles. The molecule has 0 aliphatic carbocycles. The Balaban J connectivity index is 3.88. The van der Waals surface area contributed by atoms with Crippen LogP contribution in [0.4, 0.5) is 0 Å². The van der Waals surface area contributed by atoms with Gasteiger partial charge >= 0.3 is 7.82 Å². The second kappa shape index (κ2) is 53.5. The van der Waals surface area contributed by atoms with Gasteiger partial charge in [0.15, 0.2) is 0 Å². The lowest BCUT2D eigenvalue weighted by Gasteiger charge is -2.25. The van der Waals surface area contributed by atoms with Crippen LogP contribution in [0.3, 0.4) is 0 Å². The van der Waals surface area contributed by atoms with E-state index in [0.29, 0.717) is 17.4 Å². The van der Waals surface area contributed by atoms with E-state index in [4.69, 9.17) is 9.05 Å². The van der Waals surface area contributed by atoms with Gasteiger partial charge in [0.05, 0.1) is 39.9 Å². The monoisotopic (exact) mass is 1020 g/mol. The summed E-state index contributed by atoms with van der Waals surface area (Å²) in [6, 6.07) is -0.860. The first-order valence-corrected chi connectivity index (χ1v) is 32.4. The highest BCUT2D eigenvalue weighted by atomic mass is 31.2. The lowest BCUT2D eigenvalue weighted by atomic mass is 10.0. The van der Waals surface area contributed by atoms with E-state index >= 15 is 0 Å². The Kier molecular flexibility index (Phi) is 52.6. The molecule has 0 aliphatic heterocycles. The van der Waals surface area contributed by atoms with E-state index in [1.807, 2.05) is 27.2 Å². The first kappa shape index (κ1) is 69.7. The van der Waals surface area contributed by atoms with Crippen molar-refractivity contribution in [3.63, 3.8) is 0 Å². The predicted molar refractivity (Wildman–Crippen MR) is 309 cm³/mol. The van der Waals surface area contributed by atoms with Crippen molar-refractivity contribution < 1.29 is 32.9 Å². The number of carbonyl (C=O) groups is 1. The second-order valence-electron chi connectivity index (χ2n) is 22.4. The highest BCUT2D eigenvalue weighted by Gasteiger charge is 2.27. The Bertz CT molecular complexity index is 1250. The van der Waals surface area contributed by atoms with Crippen molar-refractivity contribution in [1.29, 1.82) is 0 Å². The average molecular weight is 1020 g/mol. The molecule has 0 rings (SSSR count). The number of hydrogen-bond acceptors (Lipinski definition) is 5. The molecule has 3 N–H and O–H groups in total. The number of allylic oxidation sites excluding steroid dienone is 5. The number of quaternary nitrogens is 1. The van der Waals surface area contributed by atoms with Crippen LogP contribution in [-0.2, 0) is 18.4 Å². The van der Waals surface area contributed by atoms with Crippen LogP contribution in [-0.4, -0.2) is 73.4 Å². The highest BCUT2D eigenvalue weighted by molar-refractivity contribution is 7.47. The number of phosphoric ester groups is 1. The lowest BCUT2D eigenvalue weighted by Crippen LogP contribution is -2.45. The van der Waals surface area contributed by atoms with Crippen LogP contribution in [0.5, 0.6) is 0 Å². The van der Waals surface area contributed by atoms with Crippen LogP contribution < -0.4 is 5.32 Å². The molecule has 1 amide bonds. The summed E-state index contributed by atoms with van der Waals surface area (Å²) < 4.78 is 23.6. The first-order chi connectivity index (χ1) is 34.5. The molecule has 71 heavy (non-hydrogen) atoms. The molecule has 0 radical (unpaired) electrons.